The lowest BCUT2D eigenvalue weighted by molar-refractivity contribution is 0.107. The molecule has 0 spiro atoms. The number of piperidine rings is 1. The van der Waals surface area contributed by atoms with Gasteiger partial charge in [0.25, 0.3) is 0 Å². The Kier molecular flexibility index (Phi) is 7.06. The fourth-order valence-electron chi connectivity index (χ4n) is 3.08. The molecule has 1 fully saturated rings. The summed E-state index contributed by atoms with van der Waals surface area (Å²) in [6.45, 7) is 8.12. The zero-order valence-electron chi connectivity index (χ0n) is 11.3. The molecule has 16 heavy (non-hydrogen) atoms. The van der Waals surface area contributed by atoms with E-state index < -0.39 is 0 Å². The summed E-state index contributed by atoms with van der Waals surface area (Å²) in [6, 6.07) is 0.843. The van der Waals surface area contributed by atoms with Gasteiger partial charge in [-0.05, 0) is 51.1 Å². The third-order valence-corrected chi connectivity index (χ3v) is 3.89. The van der Waals surface area contributed by atoms with Crippen LogP contribution >= 0.6 is 0 Å². The van der Waals surface area contributed by atoms with Gasteiger partial charge in [-0.25, -0.2) is 0 Å². The van der Waals surface area contributed by atoms with Crippen LogP contribution in [0.5, 0.6) is 0 Å². The van der Waals surface area contributed by atoms with Gasteiger partial charge < -0.3 is 10.6 Å². The monoisotopic (exact) mass is 226 g/mol. The summed E-state index contributed by atoms with van der Waals surface area (Å²) in [6.07, 6.45) is 9.41. The van der Waals surface area contributed by atoms with Gasteiger partial charge in [0.1, 0.15) is 0 Å². The van der Waals surface area contributed by atoms with Crippen LogP contribution in [0.4, 0.5) is 0 Å². The van der Waals surface area contributed by atoms with Crippen LogP contribution in [0.3, 0.4) is 0 Å². The van der Waals surface area contributed by atoms with Crippen molar-refractivity contribution in [3.05, 3.63) is 0 Å². The molecule has 0 bridgehead atoms. The molecule has 0 aromatic rings. The molecule has 96 valence electrons. The molecule has 2 heteroatoms. The van der Waals surface area contributed by atoms with Gasteiger partial charge in [-0.3, -0.25) is 0 Å². The number of nitrogens with zero attached hydrogens (tertiary/aromatic N) is 1. The largest absolute Gasteiger partial charge is 0.330 e. The van der Waals surface area contributed by atoms with Crippen LogP contribution in [0.15, 0.2) is 0 Å². The zero-order chi connectivity index (χ0) is 11.8. The number of hydrogen-bond donors (Lipinski definition) is 1. The van der Waals surface area contributed by atoms with E-state index in [9.17, 15) is 0 Å². The van der Waals surface area contributed by atoms with Crippen molar-refractivity contribution in [3.63, 3.8) is 0 Å². The smallest absolute Gasteiger partial charge is 0.00951 e. The van der Waals surface area contributed by atoms with E-state index in [1.165, 1.54) is 58.0 Å². The molecule has 1 atom stereocenters. The second-order valence-corrected chi connectivity index (χ2v) is 5.31. The predicted molar refractivity (Wildman–Crippen MR) is 71.6 cm³/mol. The fraction of sp³-hybridized carbons (Fsp3) is 1.00. The van der Waals surface area contributed by atoms with Crippen molar-refractivity contribution in [2.75, 3.05) is 19.6 Å². The van der Waals surface area contributed by atoms with Gasteiger partial charge in [-0.1, -0.05) is 26.7 Å². The van der Waals surface area contributed by atoms with E-state index >= 15 is 0 Å². The van der Waals surface area contributed by atoms with Crippen LogP contribution < -0.4 is 5.73 Å². The Hall–Kier alpha value is -0.0800. The van der Waals surface area contributed by atoms with Crippen LogP contribution in [0.1, 0.15) is 58.8 Å². The Labute approximate surface area is 102 Å². The Morgan fingerprint density at radius 3 is 2.50 bits per heavy atom. The van der Waals surface area contributed by atoms with Gasteiger partial charge in [-0.15, -0.1) is 0 Å². The second-order valence-electron chi connectivity index (χ2n) is 5.31. The zero-order valence-corrected chi connectivity index (χ0v) is 11.3. The molecule has 1 aliphatic heterocycles. The van der Waals surface area contributed by atoms with Crippen molar-refractivity contribution < 1.29 is 0 Å². The first-order chi connectivity index (χ1) is 7.81. The molecule has 1 heterocycles. The summed E-state index contributed by atoms with van der Waals surface area (Å²) in [7, 11) is 0. The maximum absolute atomic E-state index is 5.68. The van der Waals surface area contributed by atoms with Gasteiger partial charge in [0.2, 0.25) is 0 Å². The van der Waals surface area contributed by atoms with E-state index in [0.29, 0.717) is 0 Å². The average molecular weight is 226 g/mol. The van der Waals surface area contributed by atoms with Gasteiger partial charge >= 0.3 is 0 Å². The molecule has 0 aromatic heterocycles. The third kappa shape index (κ3) is 4.42. The molecule has 0 aliphatic carbocycles. The van der Waals surface area contributed by atoms with Crippen LogP contribution in [0.2, 0.25) is 0 Å². The van der Waals surface area contributed by atoms with Gasteiger partial charge in [0, 0.05) is 12.6 Å². The van der Waals surface area contributed by atoms with Gasteiger partial charge in [-0.2, -0.15) is 0 Å². The summed E-state index contributed by atoms with van der Waals surface area (Å²) in [5.41, 5.74) is 5.68. The molecule has 0 amide bonds. The van der Waals surface area contributed by atoms with Crippen molar-refractivity contribution in [2.24, 2.45) is 11.7 Å². The van der Waals surface area contributed by atoms with E-state index in [4.69, 9.17) is 5.73 Å². The molecule has 0 aromatic carbocycles. The van der Waals surface area contributed by atoms with Crippen LogP contribution in [0, 0.1) is 5.92 Å². The summed E-state index contributed by atoms with van der Waals surface area (Å²) in [5, 5.41) is 0. The van der Waals surface area contributed by atoms with Crippen LogP contribution in [-0.4, -0.2) is 30.6 Å². The Balaban J connectivity index is 2.42. The molecule has 1 unspecified atom stereocenters. The summed E-state index contributed by atoms with van der Waals surface area (Å²) < 4.78 is 0. The predicted octanol–water partition coefficient (Wildman–Crippen LogP) is 3.02. The summed E-state index contributed by atoms with van der Waals surface area (Å²) >= 11 is 0. The van der Waals surface area contributed by atoms with E-state index in [-0.39, 0.29) is 0 Å². The highest BCUT2D eigenvalue weighted by molar-refractivity contribution is 4.79. The molecule has 1 saturated heterocycles. The fourth-order valence-corrected chi connectivity index (χ4v) is 3.08. The normalized spacial score (nSPS) is 22.9. The molecule has 0 radical (unpaired) electrons. The Morgan fingerprint density at radius 1 is 1.25 bits per heavy atom. The van der Waals surface area contributed by atoms with Crippen LogP contribution in [-0.2, 0) is 0 Å². The van der Waals surface area contributed by atoms with Gasteiger partial charge in [0.05, 0.1) is 0 Å². The minimum absolute atomic E-state index is 0.843. The van der Waals surface area contributed by atoms with E-state index in [1.807, 2.05) is 0 Å². The first kappa shape index (κ1) is 14.0. The highest BCUT2D eigenvalue weighted by Gasteiger charge is 2.24. The van der Waals surface area contributed by atoms with Crippen molar-refractivity contribution in [1.29, 1.82) is 0 Å². The number of nitrogens with two attached hydrogens (primary N) is 1. The van der Waals surface area contributed by atoms with E-state index in [2.05, 4.69) is 18.7 Å². The first-order valence-electron chi connectivity index (χ1n) is 7.25. The average Bonchev–Trinajstić information content (AvgIpc) is 2.30. The molecule has 0 saturated carbocycles. The number of hydrogen-bond acceptors (Lipinski definition) is 2. The Morgan fingerprint density at radius 2 is 1.94 bits per heavy atom. The van der Waals surface area contributed by atoms with Crippen molar-refractivity contribution in [2.45, 2.75) is 64.8 Å². The quantitative estimate of drug-likeness (QED) is 0.723. The molecule has 1 aliphatic rings. The highest BCUT2D eigenvalue weighted by Crippen LogP contribution is 2.24. The van der Waals surface area contributed by atoms with E-state index in [1.54, 1.807) is 0 Å². The van der Waals surface area contributed by atoms with Gasteiger partial charge in [0.15, 0.2) is 0 Å². The third-order valence-electron chi connectivity index (χ3n) is 3.89. The number of likely N-dealkylation sites (tertiary alicyclic amines) is 1. The van der Waals surface area contributed by atoms with Crippen LogP contribution in [0.25, 0.3) is 0 Å². The summed E-state index contributed by atoms with van der Waals surface area (Å²) in [4.78, 5) is 2.75. The minimum atomic E-state index is 0.843. The lowest BCUT2D eigenvalue weighted by atomic mass is 9.92. The lowest BCUT2D eigenvalue weighted by Crippen LogP contribution is -2.43. The minimum Gasteiger partial charge on any atom is -0.330 e. The highest BCUT2D eigenvalue weighted by atomic mass is 15.2. The van der Waals surface area contributed by atoms with Crippen molar-refractivity contribution >= 4 is 0 Å². The molecular formula is C14H30N2. The SMILES string of the molecule is CCCC(CCC)N1CCCC(CCN)C1. The lowest BCUT2D eigenvalue weighted by Gasteiger charge is -2.38. The molecule has 2 nitrogen and oxygen atoms in total. The number of rotatable bonds is 7. The van der Waals surface area contributed by atoms with Crippen molar-refractivity contribution in [1.82, 2.24) is 4.90 Å². The molecular weight excluding hydrogens is 196 g/mol. The van der Waals surface area contributed by atoms with E-state index in [0.717, 1.165) is 18.5 Å². The summed E-state index contributed by atoms with van der Waals surface area (Å²) in [5.74, 6) is 0.870. The maximum Gasteiger partial charge on any atom is 0.00951 e. The standard InChI is InChI=1S/C14H30N2/c1-3-6-14(7-4-2)16-11-5-8-13(12-16)9-10-15/h13-14H,3-12,15H2,1-2H3. The maximum atomic E-state index is 5.68. The topological polar surface area (TPSA) is 29.3 Å². The second kappa shape index (κ2) is 8.08. The molecule has 2 N–H and O–H groups in total. The Bertz CT molecular complexity index is 162. The van der Waals surface area contributed by atoms with Crippen molar-refractivity contribution in [3.8, 4) is 0 Å². The molecule has 1 rings (SSSR count). The first-order valence-corrected chi connectivity index (χ1v) is 7.25.